The Labute approximate surface area is 188 Å². The van der Waals surface area contributed by atoms with Crippen LogP contribution in [0.5, 0.6) is 0 Å². The molecule has 2 N–H and O–H groups in total. The second-order valence-electron chi connectivity index (χ2n) is 11.2. The van der Waals surface area contributed by atoms with E-state index in [1.165, 1.54) is 0 Å². The fourth-order valence-corrected chi connectivity index (χ4v) is 12.2. The molecule has 0 bridgehead atoms. The molecule has 174 valence electrons. The molecule has 6 heteroatoms. The molecule has 1 fully saturated rings. The highest BCUT2D eigenvalue weighted by atomic mass is 28.4. The van der Waals surface area contributed by atoms with E-state index in [4.69, 9.17) is 4.43 Å². The van der Waals surface area contributed by atoms with Gasteiger partial charge in [-0.2, -0.15) is 0 Å². The summed E-state index contributed by atoms with van der Waals surface area (Å²) in [6.07, 6.45) is 4.13. The second-order valence-corrected chi connectivity index (χ2v) is 16.5. The Balaban J connectivity index is 2.17. The molecule has 3 aliphatic carbocycles. The molecular formula is C25H40O5Si. The van der Waals surface area contributed by atoms with Crippen molar-refractivity contribution in [2.75, 3.05) is 0 Å². The van der Waals surface area contributed by atoms with Crippen molar-refractivity contribution in [2.45, 2.75) is 102 Å². The lowest BCUT2D eigenvalue weighted by Crippen LogP contribution is -2.60. The molecule has 5 nitrogen and oxygen atoms in total. The van der Waals surface area contributed by atoms with Gasteiger partial charge in [0.1, 0.15) is 11.4 Å². The summed E-state index contributed by atoms with van der Waals surface area (Å²) >= 11 is 0. The minimum absolute atomic E-state index is 0.0466. The van der Waals surface area contributed by atoms with Gasteiger partial charge >= 0.3 is 0 Å². The van der Waals surface area contributed by atoms with Gasteiger partial charge in [0.2, 0.25) is 0 Å². The quantitative estimate of drug-likeness (QED) is 0.596. The van der Waals surface area contributed by atoms with Crippen LogP contribution in [-0.4, -0.2) is 41.3 Å². The minimum atomic E-state index is -2.34. The minimum Gasteiger partial charge on any atom is -0.546 e. The predicted molar refractivity (Wildman–Crippen MR) is 124 cm³/mol. The summed E-state index contributed by atoms with van der Waals surface area (Å²) in [5.41, 5.74) is -1.64. The lowest BCUT2D eigenvalue weighted by Gasteiger charge is -2.48. The first kappa shape index (κ1) is 24.4. The highest BCUT2D eigenvalue weighted by Crippen LogP contribution is 2.55. The van der Waals surface area contributed by atoms with Gasteiger partial charge in [-0.3, -0.25) is 9.59 Å². The van der Waals surface area contributed by atoms with Gasteiger partial charge in [-0.15, -0.1) is 0 Å². The van der Waals surface area contributed by atoms with Gasteiger partial charge in [-0.1, -0.05) is 54.5 Å². The van der Waals surface area contributed by atoms with Crippen LogP contribution in [0.2, 0.25) is 16.6 Å². The molecule has 0 saturated heterocycles. The van der Waals surface area contributed by atoms with Crippen LogP contribution in [0.15, 0.2) is 23.5 Å². The molecule has 0 radical (unpaired) electrons. The summed E-state index contributed by atoms with van der Waals surface area (Å²) in [5.74, 6) is -1.24. The third-order valence-electron chi connectivity index (χ3n) is 8.39. The molecule has 5 atom stereocenters. The number of Topliss-reactive ketones (excluding diaryl/α,β-unsaturated/α-hetero) is 2. The van der Waals surface area contributed by atoms with Crippen LogP contribution in [0.4, 0.5) is 0 Å². The maximum atomic E-state index is 13.1. The fraction of sp³-hybridized carbons (Fsp3) is 0.760. The van der Waals surface area contributed by atoms with Gasteiger partial charge in [0.15, 0.2) is 5.78 Å². The average Bonchev–Trinajstić information content (AvgIpc) is 2.81. The number of hydrogen-bond donors (Lipinski definition) is 2. The Bertz CT molecular complexity index is 804. The van der Waals surface area contributed by atoms with Crippen LogP contribution in [-0.2, 0) is 14.0 Å². The zero-order valence-electron chi connectivity index (χ0n) is 20.4. The van der Waals surface area contributed by atoms with E-state index in [0.717, 1.165) is 0 Å². The predicted octanol–water partition coefficient (Wildman–Crippen LogP) is 4.69. The normalized spacial score (nSPS) is 36.4. The number of ketones is 2. The molecule has 0 aromatic rings. The number of carbonyl (C=O) groups excluding carboxylic acids is 2. The molecule has 31 heavy (non-hydrogen) atoms. The Kier molecular flexibility index (Phi) is 6.27. The van der Waals surface area contributed by atoms with Crippen molar-refractivity contribution >= 4 is 19.9 Å². The zero-order valence-corrected chi connectivity index (χ0v) is 21.4. The standard InChI is InChI=1S/C25H40O5Si/c1-14(2)31(15(3)4,16(5)6)30-21-12-19-11-20(26)10-18(8)25(19,29)22-9-17(7)23(27)24(22,28)13-21/h9,12,14-16,18-19,22,28-29H,10-11,13H2,1-8H3/t18-,19-,22-,24-,25-/m1/s1. The van der Waals surface area contributed by atoms with E-state index < -0.39 is 31.4 Å². The SMILES string of the molecule is CC1=C[C@H]2[C@@]3(O)[C@H](C)CC(=O)C[C@@H]3C=C(O[Si](C(C)C)(C(C)C)C(C)C)C[C@]2(O)C1=O. The van der Waals surface area contributed by atoms with Crippen LogP contribution in [0.25, 0.3) is 0 Å². The first-order valence-corrected chi connectivity index (χ1v) is 13.9. The zero-order chi connectivity index (χ0) is 23.5. The Morgan fingerprint density at radius 3 is 2.06 bits per heavy atom. The molecule has 1 saturated carbocycles. The van der Waals surface area contributed by atoms with Crippen molar-refractivity contribution < 1.29 is 24.2 Å². The molecule has 0 aromatic carbocycles. The van der Waals surface area contributed by atoms with Crippen LogP contribution in [0.1, 0.15) is 74.7 Å². The van der Waals surface area contributed by atoms with Crippen molar-refractivity contribution in [1.82, 2.24) is 0 Å². The molecule has 0 amide bonds. The summed E-state index contributed by atoms with van der Waals surface area (Å²) in [6, 6.07) is 0. The van der Waals surface area contributed by atoms with E-state index in [1.807, 2.05) is 13.0 Å². The van der Waals surface area contributed by atoms with Crippen molar-refractivity contribution in [3.63, 3.8) is 0 Å². The topological polar surface area (TPSA) is 83.8 Å². The fourth-order valence-electron chi connectivity index (χ4n) is 6.94. The largest absolute Gasteiger partial charge is 0.546 e. The van der Waals surface area contributed by atoms with E-state index in [1.54, 1.807) is 13.0 Å². The van der Waals surface area contributed by atoms with E-state index in [9.17, 15) is 19.8 Å². The van der Waals surface area contributed by atoms with Gasteiger partial charge in [0.25, 0.3) is 8.32 Å². The van der Waals surface area contributed by atoms with Crippen molar-refractivity contribution in [2.24, 2.45) is 17.8 Å². The highest BCUT2D eigenvalue weighted by molar-refractivity contribution is 6.77. The number of carbonyl (C=O) groups is 2. The summed E-state index contributed by atoms with van der Waals surface area (Å²) in [4.78, 5) is 25.6. The Hall–Kier alpha value is -1.24. The molecular weight excluding hydrogens is 408 g/mol. The van der Waals surface area contributed by atoms with Gasteiger partial charge < -0.3 is 14.6 Å². The van der Waals surface area contributed by atoms with Crippen molar-refractivity contribution in [3.8, 4) is 0 Å². The monoisotopic (exact) mass is 448 g/mol. The number of fused-ring (bicyclic) bond motifs is 3. The van der Waals surface area contributed by atoms with Gasteiger partial charge in [0, 0.05) is 31.1 Å². The van der Waals surface area contributed by atoms with E-state index in [0.29, 0.717) is 28.0 Å². The van der Waals surface area contributed by atoms with Crippen LogP contribution in [0.3, 0.4) is 0 Å². The summed E-state index contributed by atoms with van der Waals surface area (Å²) in [5, 5.41) is 23.7. The smallest absolute Gasteiger partial charge is 0.258 e. The van der Waals surface area contributed by atoms with Crippen molar-refractivity contribution in [3.05, 3.63) is 23.5 Å². The summed E-state index contributed by atoms with van der Waals surface area (Å²) in [6.45, 7) is 16.7. The molecule has 3 rings (SSSR count). The number of hydrogen-bond acceptors (Lipinski definition) is 5. The van der Waals surface area contributed by atoms with E-state index >= 15 is 0 Å². The van der Waals surface area contributed by atoms with Gasteiger partial charge in [-0.25, -0.2) is 0 Å². The maximum absolute atomic E-state index is 13.1. The van der Waals surface area contributed by atoms with E-state index in [-0.39, 0.29) is 36.7 Å². The lowest BCUT2D eigenvalue weighted by molar-refractivity contribution is -0.170. The summed E-state index contributed by atoms with van der Waals surface area (Å²) < 4.78 is 6.91. The highest BCUT2D eigenvalue weighted by Gasteiger charge is 2.64. The lowest BCUT2D eigenvalue weighted by atomic mass is 9.60. The van der Waals surface area contributed by atoms with Crippen LogP contribution in [0, 0.1) is 17.8 Å². The first-order chi connectivity index (χ1) is 14.2. The average molecular weight is 449 g/mol. The third kappa shape index (κ3) is 3.49. The molecule has 0 heterocycles. The third-order valence-corrected chi connectivity index (χ3v) is 14.4. The molecule has 0 unspecified atom stereocenters. The second kappa shape index (κ2) is 7.96. The number of rotatable bonds is 5. The first-order valence-electron chi connectivity index (χ1n) is 11.8. The molecule has 3 aliphatic rings. The number of aliphatic hydroxyl groups is 2. The Morgan fingerprint density at radius 2 is 1.55 bits per heavy atom. The van der Waals surface area contributed by atoms with Crippen LogP contribution < -0.4 is 0 Å². The van der Waals surface area contributed by atoms with Crippen molar-refractivity contribution in [1.29, 1.82) is 0 Å². The summed E-state index contributed by atoms with van der Waals surface area (Å²) in [7, 11) is -2.34. The molecule has 0 spiro atoms. The van der Waals surface area contributed by atoms with E-state index in [2.05, 4.69) is 41.5 Å². The van der Waals surface area contributed by atoms with Crippen LogP contribution >= 0.6 is 0 Å². The van der Waals surface area contributed by atoms with Gasteiger partial charge in [-0.05, 0) is 41.1 Å². The Morgan fingerprint density at radius 1 is 1.00 bits per heavy atom. The van der Waals surface area contributed by atoms with Gasteiger partial charge in [0.05, 0.1) is 11.4 Å². The molecule has 0 aromatic heterocycles. The molecule has 0 aliphatic heterocycles. The maximum Gasteiger partial charge on any atom is 0.258 e.